The van der Waals surface area contributed by atoms with Crippen LogP contribution in [0.4, 0.5) is 11.4 Å². The molecule has 3 rings (SSSR count). The molecule has 0 saturated heterocycles. The van der Waals surface area contributed by atoms with E-state index in [2.05, 4.69) is 19.1 Å². The van der Waals surface area contributed by atoms with Gasteiger partial charge >= 0.3 is 0 Å². The van der Waals surface area contributed by atoms with Gasteiger partial charge in [-0.3, -0.25) is 9.59 Å². The van der Waals surface area contributed by atoms with Crippen LogP contribution in [0.5, 0.6) is 0 Å². The molecule has 0 saturated carbocycles. The summed E-state index contributed by atoms with van der Waals surface area (Å²) in [7, 11) is 0. The number of carbonyl (C=O) groups excluding carboxylic acids is 2. The van der Waals surface area contributed by atoms with E-state index < -0.39 is 0 Å². The smallest absolute Gasteiger partial charge is 0.167 e. The Morgan fingerprint density at radius 2 is 1.41 bits per heavy atom. The first-order valence-corrected chi connectivity index (χ1v) is 8.79. The minimum Gasteiger partial charge on any atom is -0.399 e. The molecule has 3 aromatic rings. The Morgan fingerprint density at radius 3 is 1.96 bits per heavy atom. The Bertz CT molecular complexity index is 885. The SMILES string of the molecule is CCc1cccc(CC(=O)c2ccc(N)cc2)c1.Nc1ccc(C=O)cc1. The molecule has 0 aliphatic heterocycles. The van der Waals surface area contributed by atoms with Crippen LogP contribution in [0.1, 0.15) is 38.8 Å². The van der Waals surface area contributed by atoms with E-state index in [0.29, 0.717) is 28.9 Å². The number of Topliss-reactive ketones (excluding diaryl/α,β-unsaturated/α-hetero) is 1. The van der Waals surface area contributed by atoms with Gasteiger partial charge in [-0.25, -0.2) is 0 Å². The third-order valence-electron chi connectivity index (χ3n) is 4.07. The number of ketones is 1. The van der Waals surface area contributed by atoms with E-state index in [-0.39, 0.29) is 5.78 Å². The van der Waals surface area contributed by atoms with Crippen LogP contribution in [0.2, 0.25) is 0 Å². The summed E-state index contributed by atoms with van der Waals surface area (Å²) in [6, 6.07) is 22.0. The van der Waals surface area contributed by atoms with E-state index in [1.54, 1.807) is 48.5 Å². The van der Waals surface area contributed by atoms with Crippen LogP contribution < -0.4 is 11.5 Å². The molecular formula is C23H24N2O2. The van der Waals surface area contributed by atoms with Crippen molar-refractivity contribution >= 4 is 23.4 Å². The number of carbonyl (C=O) groups is 2. The van der Waals surface area contributed by atoms with E-state index in [0.717, 1.165) is 18.3 Å². The number of anilines is 2. The Hall–Kier alpha value is -3.40. The highest BCUT2D eigenvalue weighted by atomic mass is 16.1. The maximum atomic E-state index is 12.1. The molecule has 138 valence electrons. The number of benzene rings is 3. The molecule has 27 heavy (non-hydrogen) atoms. The molecule has 4 N–H and O–H groups in total. The van der Waals surface area contributed by atoms with Crippen molar-refractivity contribution in [1.29, 1.82) is 0 Å². The first kappa shape index (κ1) is 19.9. The lowest BCUT2D eigenvalue weighted by Gasteiger charge is -2.04. The first-order chi connectivity index (χ1) is 13.0. The van der Waals surface area contributed by atoms with Crippen LogP contribution >= 0.6 is 0 Å². The highest BCUT2D eigenvalue weighted by Crippen LogP contribution is 2.12. The fourth-order valence-corrected chi connectivity index (χ4v) is 2.49. The van der Waals surface area contributed by atoms with Crippen molar-refractivity contribution in [3.8, 4) is 0 Å². The van der Waals surface area contributed by atoms with Crippen LogP contribution in [0.15, 0.2) is 72.8 Å². The first-order valence-electron chi connectivity index (χ1n) is 8.79. The molecule has 0 bridgehead atoms. The molecule has 4 nitrogen and oxygen atoms in total. The number of aldehydes is 1. The van der Waals surface area contributed by atoms with Crippen LogP contribution in [-0.4, -0.2) is 12.1 Å². The number of hydrogen-bond donors (Lipinski definition) is 2. The zero-order chi connectivity index (χ0) is 19.6. The molecule has 0 aliphatic rings. The van der Waals surface area contributed by atoms with Gasteiger partial charge in [0.25, 0.3) is 0 Å². The maximum Gasteiger partial charge on any atom is 0.167 e. The Labute approximate surface area is 159 Å². The number of rotatable bonds is 5. The Kier molecular flexibility index (Phi) is 7.32. The molecule has 0 spiro atoms. The van der Waals surface area contributed by atoms with E-state index in [9.17, 15) is 9.59 Å². The molecule has 0 unspecified atom stereocenters. The average molecular weight is 360 g/mol. The van der Waals surface area contributed by atoms with Gasteiger partial charge in [0.05, 0.1) is 0 Å². The van der Waals surface area contributed by atoms with Gasteiger partial charge < -0.3 is 11.5 Å². The molecule has 4 heteroatoms. The lowest BCUT2D eigenvalue weighted by atomic mass is 10.0. The second-order valence-electron chi connectivity index (χ2n) is 6.18. The molecule has 0 atom stereocenters. The number of aryl methyl sites for hydroxylation is 1. The van der Waals surface area contributed by atoms with Gasteiger partial charge in [-0.05, 0) is 66.1 Å². The quantitative estimate of drug-likeness (QED) is 0.403. The predicted octanol–water partition coefficient (Wildman–Crippen LogP) is 4.34. The monoisotopic (exact) mass is 360 g/mol. The molecule has 3 aromatic carbocycles. The summed E-state index contributed by atoms with van der Waals surface area (Å²) in [5, 5.41) is 0. The molecule has 0 heterocycles. The summed E-state index contributed by atoms with van der Waals surface area (Å²) >= 11 is 0. The van der Waals surface area contributed by atoms with Crippen LogP contribution in [0, 0.1) is 0 Å². The maximum absolute atomic E-state index is 12.1. The molecular weight excluding hydrogens is 336 g/mol. The van der Waals surface area contributed by atoms with Crippen molar-refractivity contribution in [2.75, 3.05) is 11.5 Å². The second-order valence-corrected chi connectivity index (χ2v) is 6.18. The van der Waals surface area contributed by atoms with Gasteiger partial charge in [0.2, 0.25) is 0 Å². The standard InChI is InChI=1S/C16H17NO.C7H7NO/c1-2-12-4-3-5-13(10-12)11-16(18)14-6-8-15(17)9-7-14;8-7-3-1-6(5-9)2-4-7/h3-10H,2,11,17H2,1H3;1-5H,8H2. The van der Waals surface area contributed by atoms with Gasteiger partial charge in [0.1, 0.15) is 6.29 Å². The normalized spacial score (nSPS) is 9.81. The van der Waals surface area contributed by atoms with Crippen LogP contribution in [0.3, 0.4) is 0 Å². The molecule has 0 aliphatic carbocycles. The van der Waals surface area contributed by atoms with E-state index in [4.69, 9.17) is 11.5 Å². The van der Waals surface area contributed by atoms with Crippen molar-refractivity contribution < 1.29 is 9.59 Å². The van der Waals surface area contributed by atoms with E-state index in [1.807, 2.05) is 12.1 Å². The zero-order valence-electron chi connectivity index (χ0n) is 15.4. The van der Waals surface area contributed by atoms with Crippen molar-refractivity contribution in [1.82, 2.24) is 0 Å². The average Bonchev–Trinajstić information content (AvgIpc) is 2.69. The van der Waals surface area contributed by atoms with E-state index in [1.165, 1.54) is 5.56 Å². The van der Waals surface area contributed by atoms with Gasteiger partial charge in [0.15, 0.2) is 5.78 Å². The molecule has 0 fully saturated rings. The van der Waals surface area contributed by atoms with Crippen molar-refractivity contribution in [3.05, 3.63) is 95.1 Å². The molecule has 0 amide bonds. The Morgan fingerprint density at radius 1 is 0.852 bits per heavy atom. The summed E-state index contributed by atoms with van der Waals surface area (Å²) in [4.78, 5) is 22.2. The van der Waals surface area contributed by atoms with Gasteiger partial charge in [-0.1, -0.05) is 31.2 Å². The van der Waals surface area contributed by atoms with Crippen molar-refractivity contribution in [3.63, 3.8) is 0 Å². The lowest BCUT2D eigenvalue weighted by Crippen LogP contribution is -2.04. The predicted molar refractivity (Wildman–Crippen MR) is 111 cm³/mol. The van der Waals surface area contributed by atoms with E-state index >= 15 is 0 Å². The number of hydrogen-bond acceptors (Lipinski definition) is 4. The summed E-state index contributed by atoms with van der Waals surface area (Å²) in [5.74, 6) is 0.128. The third kappa shape index (κ3) is 6.44. The van der Waals surface area contributed by atoms with Crippen molar-refractivity contribution in [2.24, 2.45) is 0 Å². The van der Waals surface area contributed by atoms with Crippen LogP contribution in [0.25, 0.3) is 0 Å². The topological polar surface area (TPSA) is 86.2 Å². The van der Waals surface area contributed by atoms with Crippen LogP contribution in [-0.2, 0) is 12.8 Å². The molecule has 0 aromatic heterocycles. The minimum absolute atomic E-state index is 0.128. The lowest BCUT2D eigenvalue weighted by molar-refractivity contribution is 0.0992. The Balaban J connectivity index is 0.000000244. The summed E-state index contributed by atoms with van der Waals surface area (Å²) in [6.07, 6.45) is 2.22. The summed E-state index contributed by atoms with van der Waals surface area (Å²) < 4.78 is 0. The minimum atomic E-state index is 0.128. The third-order valence-corrected chi connectivity index (χ3v) is 4.07. The van der Waals surface area contributed by atoms with Crippen molar-refractivity contribution in [2.45, 2.75) is 19.8 Å². The fourth-order valence-electron chi connectivity index (χ4n) is 2.49. The number of nitrogen functional groups attached to an aromatic ring is 2. The van der Waals surface area contributed by atoms with Gasteiger partial charge in [-0.15, -0.1) is 0 Å². The highest BCUT2D eigenvalue weighted by Gasteiger charge is 2.07. The second kappa shape index (κ2) is 9.92. The summed E-state index contributed by atoms with van der Waals surface area (Å²) in [5.41, 5.74) is 16.0. The summed E-state index contributed by atoms with van der Waals surface area (Å²) in [6.45, 7) is 2.11. The molecule has 0 radical (unpaired) electrons. The van der Waals surface area contributed by atoms with Gasteiger partial charge in [0, 0.05) is 28.9 Å². The zero-order valence-corrected chi connectivity index (χ0v) is 15.4. The largest absolute Gasteiger partial charge is 0.399 e. The highest BCUT2D eigenvalue weighted by molar-refractivity contribution is 5.97. The van der Waals surface area contributed by atoms with Gasteiger partial charge in [-0.2, -0.15) is 0 Å². The number of nitrogens with two attached hydrogens (primary N) is 2. The fraction of sp³-hybridized carbons (Fsp3) is 0.130.